The Morgan fingerprint density at radius 3 is 1.47 bits per heavy atom. The monoisotopic (exact) mass is 442 g/mol. The van der Waals surface area contributed by atoms with Crippen LogP contribution in [0.3, 0.4) is 0 Å². The van der Waals surface area contributed by atoms with Crippen molar-refractivity contribution < 1.29 is 9.59 Å². The first-order valence-electron chi connectivity index (χ1n) is 11.4. The Labute approximate surface area is 191 Å². The van der Waals surface area contributed by atoms with Crippen LogP contribution >= 0.6 is 0 Å². The van der Waals surface area contributed by atoms with Gasteiger partial charge in [0.25, 0.3) is 5.91 Å². The number of carbonyl (C=O) groups excluding carboxylic acids is 2. The normalized spacial score (nSPS) is 16.0. The molecule has 1 saturated heterocycles. The number of nitrogens with zero attached hydrogens (tertiary/aromatic N) is 2. The van der Waals surface area contributed by atoms with Crippen LogP contribution < -0.4 is 4.90 Å². The van der Waals surface area contributed by atoms with E-state index >= 15 is 0 Å². The van der Waals surface area contributed by atoms with E-state index in [1.807, 2.05) is 91.0 Å². The van der Waals surface area contributed by atoms with E-state index in [0.29, 0.717) is 0 Å². The first-order valence-corrected chi connectivity index (χ1v) is 14.0. The molecule has 1 aliphatic heterocycles. The highest BCUT2D eigenvalue weighted by Crippen LogP contribution is 2.48. The SMILES string of the molecule is CC[Si](CC)(CC)N1C(=O)N(c2ccccc2)C(c2ccccc2)(c2ccccc2)C1=O. The summed E-state index contributed by atoms with van der Waals surface area (Å²) in [6, 6.07) is 31.4. The van der Waals surface area contributed by atoms with Crippen molar-refractivity contribution in [3.63, 3.8) is 0 Å². The van der Waals surface area contributed by atoms with E-state index in [9.17, 15) is 9.59 Å². The topological polar surface area (TPSA) is 40.6 Å². The number of amides is 3. The van der Waals surface area contributed by atoms with Gasteiger partial charge in [0.15, 0.2) is 13.8 Å². The van der Waals surface area contributed by atoms with Gasteiger partial charge in [-0.2, -0.15) is 0 Å². The Morgan fingerprint density at radius 1 is 0.656 bits per heavy atom. The van der Waals surface area contributed by atoms with E-state index in [2.05, 4.69) is 20.8 Å². The van der Waals surface area contributed by atoms with Gasteiger partial charge >= 0.3 is 6.03 Å². The van der Waals surface area contributed by atoms with Crippen LogP contribution in [0.1, 0.15) is 31.9 Å². The zero-order valence-electron chi connectivity index (χ0n) is 19.0. The van der Waals surface area contributed by atoms with E-state index in [1.54, 1.807) is 9.47 Å². The molecule has 0 aromatic heterocycles. The molecule has 5 heteroatoms. The molecule has 0 radical (unpaired) electrons. The van der Waals surface area contributed by atoms with Crippen LogP contribution in [0, 0.1) is 0 Å². The molecule has 4 rings (SSSR count). The van der Waals surface area contributed by atoms with E-state index < -0.39 is 13.8 Å². The number of hydrogen-bond donors (Lipinski definition) is 0. The lowest BCUT2D eigenvalue weighted by atomic mass is 9.81. The molecule has 0 saturated carbocycles. The summed E-state index contributed by atoms with van der Waals surface area (Å²) in [7, 11) is -2.35. The summed E-state index contributed by atoms with van der Waals surface area (Å²) >= 11 is 0. The third-order valence-corrected chi connectivity index (χ3v) is 12.4. The molecule has 32 heavy (non-hydrogen) atoms. The van der Waals surface area contributed by atoms with Crippen LogP contribution in [-0.4, -0.2) is 24.7 Å². The largest absolute Gasteiger partial charge is 0.324 e. The molecule has 0 N–H and O–H groups in total. The molecule has 0 atom stereocenters. The zero-order chi connectivity index (χ0) is 22.8. The second-order valence-electron chi connectivity index (χ2n) is 8.32. The Balaban J connectivity index is 2.09. The second kappa shape index (κ2) is 8.75. The van der Waals surface area contributed by atoms with Gasteiger partial charge in [0, 0.05) is 5.69 Å². The van der Waals surface area contributed by atoms with Gasteiger partial charge in [0.05, 0.1) is 0 Å². The van der Waals surface area contributed by atoms with Crippen LogP contribution in [0.4, 0.5) is 10.5 Å². The molecule has 1 aliphatic rings. The first kappa shape index (κ1) is 22.0. The number of hydrogen-bond acceptors (Lipinski definition) is 2. The molecule has 164 valence electrons. The van der Waals surface area contributed by atoms with Gasteiger partial charge in [0.2, 0.25) is 0 Å². The lowest BCUT2D eigenvalue weighted by molar-refractivity contribution is -0.127. The minimum atomic E-state index is -2.35. The molecule has 4 nitrogen and oxygen atoms in total. The van der Waals surface area contributed by atoms with Crippen LogP contribution in [-0.2, 0) is 10.3 Å². The average Bonchev–Trinajstić information content (AvgIpc) is 3.10. The molecule has 0 spiro atoms. The number of carbonyl (C=O) groups is 2. The average molecular weight is 443 g/mol. The maximum Gasteiger partial charge on any atom is 0.324 e. The molecule has 1 heterocycles. The van der Waals surface area contributed by atoms with E-state index in [-0.39, 0.29) is 11.9 Å². The quantitative estimate of drug-likeness (QED) is 0.314. The number of benzene rings is 3. The highest BCUT2D eigenvalue weighted by atomic mass is 28.3. The van der Waals surface area contributed by atoms with Crippen molar-refractivity contribution in [2.75, 3.05) is 4.90 Å². The van der Waals surface area contributed by atoms with Crippen LogP contribution in [0.15, 0.2) is 91.0 Å². The van der Waals surface area contributed by atoms with Crippen molar-refractivity contribution in [1.82, 2.24) is 4.57 Å². The third-order valence-electron chi connectivity index (χ3n) is 7.08. The maximum absolute atomic E-state index is 14.6. The number of para-hydroxylation sites is 1. The van der Waals surface area contributed by atoms with Gasteiger partial charge in [-0.05, 0) is 41.4 Å². The van der Waals surface area contributed by atoms with Gasteiger partial charge in [0.1, 0.15) is 0 Å². The summed E-state index contributed by atoms with van der Waals surface area (Å²) in [5.74, 6) is -0.124. The number of anilines is 1. The van der Waals surface area contributed by atoms with E-state index in [4.69, 9.17) is 0 Å². The fraction of sp³-hybridized carbons (Fsp3) is 0.259. The Bertz CT molecular complexity index is 1030. The molecule has 3 aromatic rings. The van der Waals surface area contributed by atoms with Crippen molar-refractivity contribution in [2.45, 2.75) is 44.4 Å². The minimum Gasteiger partial charge on any atom is -0.291 e. The fourth-order valence-electron chi connectivity index (χ4n) is 5.14. The second-order valence-corrected chi connectivity index (χ2v) is 13.3. The third kappa shape index (κ3) is 3.11. The van der Waals surface area contributed by atoms with Gasteiger partial charge in [-0.1, -0.05) is 99.6 Å². The summed E-state index contributed by atoms with van der Waals surface area (Å²) in [5.41, 5.74) is 1.11. The highest BCUT2D eigenvalue weighted by Gasteiger charge is 2.63. The predicted molar refractivity (Wildman–Crippen MR) is 132 cm³/mol. The van der Waals surface area contributed by atoms with Crippen molar-refractivity contribution in [2.24, 2.45) is 0 Å². The number of urea groups is 1. The van der Waals surface area contributed by atoms with Crippen LogP contribution in [0.2, 0.25) is 18.1 Å². The minimum absolute atomic E-state index is 0.124. The van der Waals surface area contributed by atoms with E-state index in [0.717, 1.165) is 34.9 Å². The van der Waals surface area contributed by atoms with Crippen LogP contribution in [0.5, 0.6) is 0 Å². The molecule has 1 fully saturated rings. The molecular weight excluding hydrogens is 412 g/mol. The molecule has 0 unspecified atom stereocenters. The summed E-state index contributed by atoms with van der Waals surface area (Å²) in [6.45, 7) is 6.37. The lowest BCUT2D eigenvalue weighted by Gasteiger charge is -2.37. The van der Waals surface area contributed by atoms with Crippen molar-refractivity contribution >= 4 is 25.9 Å². The summed E-state index contributed by atoms with van der Waals surface area (Å²) in [6.07, 6.45) is 0. The van der Waals surface area contributed by atoms with Crippen molar-refractivity contribution in [1.29, 1.82) is 0 Å². The maximum atomic E-state index is 14.6. The molecule has 0 aliphatic carbocycles. The van der Waals surface area contributed by atoms with E-state index in [1.165, 1.54) is 0 Å². The summed E-state index contributed by atoms with van der Waals surface area (Å²) in [4.78, 5) is 30.7. The van der Waals surface area contributed by atoms with Crippen molar-refractivity contribution in [3.05, 3.63) is 102 Å². The zero-order valence-corrected chi connectivity index (χ0v) is 20.0. The smallest absolute Gasteiger partial charge is 0.291 e. The molecule has 0 bridgehead atoms. The summed E-state index contributed by atoms with van der Waals surface area (Å²) < 4.78 is 1.69. The molecular formula is C27H30N2O2Si. The van der Waals surface area contributed by atoms with Gasteiger partial charge in [-0.15, -0.1) is 0 Å². The Morgan fingerprint density at radius 2 is 1.06 bits per heavy atom. The first-order chi connectivity index (χ1) is 15.6. The number of rotatable bonds is 7. The Hall–Kier alpha value is -3.18. The lowest BCUT2D eigenvalue weighted by Crippen LogP contribution is -2.56. The van der Waals surface area contributed by atoms with Gasteiger partial charge in [-0.25, -0.2) is 4.79 Å². The fourth-order valence-corrected chi connectivity index (χ4v) is 8.69. The molecule has 3 aromatic carbocycles. The van der Waals surface area contributed by atoms with Crippen LogP contribution in [0.25, 0.3) is 0 Å². The highest BCUT2D eigenvalue weighted by molar-refractivity contribution is 6.82. The van der Waals surface area contributed by atoms with Crippen molar-refractivity contribution in [3.8, 4) is 0 Å². The standard InChI is InChI=1S/C27H30N2O2Si/c1-4-32(5-2,6-3)29-25(30)27(22-16-10-7-11-17-22,23-18-12-8-13-19-23)28(26(29)31)24-20-14-9-15-21-24/h7-21H,4-6H2,1-3H3. The number of imide groups is 1. The Kier molecular flexibility index (Phi) is 6.02. The van der Waals surface area contributed by atoms with Gasteiger partial charge in [-0.3, -0.25) is 14.3 Å². The summed E-state index contributed by atoms with van der Waals surface area (Å²) in [5, 5.41) is 0. The molecule has 3 amide bonds. The predicted octanol–water partition coefficient (Wildman–Crippen LogP) is 6.40. The van der Waals surface area contributed by atoms with Gasteiger partial charge < -0.3 is 0 Å².